The lowest BCUT2D eigenvalue weighted by molar-refractivity contribution is -0.127. The van der Waals surface area contributed by atoms with Crippen molar-refractivity contribution in [2.75, 3.05) is 11.9 Å². The maximum atomic E-state index is 12.5. The van der Waals surface area contributed by atoms with Crippen molar-refractivity contribution in [2.45, 2.75) is 39.5 Å². The Kier molecular flexibility index (Phi) is 4.20. The molecule has 1 saturated carbocycles. The Bertz CT molecular complexity index is 450. The van der Waals surface area contributed by atoms with Crippen molar-refractivity contribution in [1.29, 1.82) is 0 Å². The van der Waals surface area contributed by atoms with Gasteiger partial charge in [-0.3, -0.25) is 4.79 Å². The Labute approximate surface area is 114 Å². The van der Waals surface area contributed by atoms with Crippen molar-refractivity contribution in [3.05, 3.63) is 23.9 Å². The number of rotatable bonds is 3. The molecule has 0 bridgehead atoms. The molecule has 4 nitrogen and oxygen atoms in total. The fourth-order valence-electron chi connectivity index (χ4n) is 2.69. The molecule has 3 N–H and O–H groups in total. The highest BCUT2D eigenvalue weighted by Gasteiger charge is 2.39. The van der Waals surface area contributed by atoms with Gasteiger partial charge in [-0.2, -0.15) is 0 Å². The topological polar surface area (TPSA) is 68.0 Å². The molecule has 104 valence electrons. The minimum absolute atomic E-state index is 0.0278. The van der Waals surface area contributed by atoms with Crippen molar-refractivity contribution < 1.29 is 4.79 Å². The maximum Gasteiger partial charge on any atom is 0.233 e. The van der Waals surface area contributed by atoms with Gasteiger partial charge in [-0.25, -0.2) is 4.98 Å². The highest BCUT2D eigenvalue weighted by molar-refractivity contribution is 5.94. The van der Waals surface area contributed by atoms with E-state index in [-0.39, 0.29) is 5.91 Å². The van der Waals surface area contributed by atoms with Crippen molar-refractivity contribution in [3.63, 3.8) is 0 Å². The third-order valence-electron chi connectivity index (χ3n) is 4.26. The molecule has 1 aliphatic rings. The molecule has 2 rings (SSSR count). The Balaban J connectivity index is 2.09. The SMILES string of the molecule is Cc1ccnc(NC(=O)C2(CN)CCC(C)CC2)c1. The van der Waals surface area contributed by atoms with Gasteiger partial charge in [0.2, 0.25) is 5.91 Å². The lowest BCUT2D eigenvalue weighted by atomic mass is 9.70. The summed E-state index contributed by atoms with van der Waals surface area (Å²) < 4.78 is 0. The largest absolute Gasteiger partial charge is 0.329 e. The molecule has 0 saturated heterocycles. The van der Waals surface area contributed by atoms with Crippen molar-refractivity contribution in [2.24, 2.45) is 17.1 Å². The summed E-state index contributed by atoms with van der Waals surface area (Å²) in [6, 6.07) is 3.80. The van der Waals surface area contributed by atoms with Crippen molar-refractivity contribution >= 4 is 11.7 Å². The van der Waals surface area contributed by atoms with Crippen LogP contribution in [0.3, 0.4) is 0 Å². The number of pyridine rings is 1. The molecule has 1 heterocycles. The van der Waals surface area contributed by atoms with E-state index in [2.05, 4.69) is 17.2 Å². The first-order valence-corrected chi connectivity index (χ1v) is 7.00. The molecule has 1 aromatic rings. The van der Waals surface area contributed by atoms with Crippen LogP contribution in [0, 0.1) is 18.3 Å². The van der Waals surface area contributed by atoms with Crippen molar-refractivity contribution in [3.8, 4) is 0 Å². The molecule has 1 fully saturated rings. The first kappa shape index (κ1) is 14.0. The van der Waals surface area contributed by atoms with E-state index < -0.39 is 5.41 Å². The summed E-state index contributed by atoms with van der Waals surface area (Å²) in [5.41, 5.74) is 6.57. The number of amides is 1. The van der Waals surface area contributed by atoms with Crippen LogP contribution in [-0.4, -0.2) is 17.4 Å². The summed E-state index contributed by atoms with van der Waals surface area (Å²) in [6.07, 6.45) is 5.62. The van der Waals surface area contributed by atoms with Crippen LogP contribution in [0.25, 0.3) is 0 Å². The first-order valence-electron chi connectivity index (χ1n) is 7.00. The molecule has 1 aliphatic carbocycles. The third kappa shape index (κ3) is 3.13. The molecule has 1 aromatic heterocycles. The van der Waals surface area contributed by atoms with E-state index in [1.165, 1.54) is 0 Å². The number of hydrogen-bond acceptors (Lipinski definition) is 3. The van der Waals surface area contributed by atoms with E-state index >= 15 is 0 Å². The first-order chi connectivity index (χ1) is 9.05. The number of carbonyl (C=O) groups excluding carboxylic acids is 1. The number of hydrogen-bond donors (Lipinski definition) is 2. The van der Waals surface area contributed by atoms with Gasteiger partial charge in [-0.05, 0) is 56.2 Å². The zero-order chi connectivity index (χ0) is 13.9. The Morgan fingerprint density at radius 3 is 2.79 bits per heavy atom. The molecule has 0 spiro atoms. The average molecular weight is 261 g/mol. The molecule has 19 heavy (non-hydrogen) atoms. The molecule has 0 radical (unpaired) electrons. The fraction of sp³-hybridized carbons (Fsp3) is 0.600. The predicted molar refractivity (Wildman–Crippen MR) is 76.7 cm³/mol. The maximum absolute atomic E-state index is 12.5. The molecule has 0 atom stereocenters. The van der Waals surface area contributed by atoms with Gasteiger partial charge in [0, 0.05) is 12.7 Å². The van der Waals surface area contributed by atoms with Crippen LogP contribution in [0.4, 0.5) is 5.82 Å². The number of carbonyl (C=O) groups is 1. The van der Waals surface area contributed by atoms with E-state index in [1.807, 2.05) is 19.1 Å². The van der Waals surface area contributed by atoms with E-state index in [9.17, 15) is 4.79 Å². The van der Waals surface area contributed by atoms with E-state index in [0.29, 0.717) is 18.3 Å². The Morgan fingerprint density at radius 1 is 1.53 bits per heavy atom. The Morgan fingerprint density at radius 2 is 2.21 bits per heavy atom. The van der Waals surface area contributed by atoms with Gasteiger partial charge in [-0.1, -0.05) is 6.92 Å². The van der Waals surface area contributed by atoms with Crippen LogP contribution in [0.15, 0.2) is 18.3 Å². The second-order valence-corrected chi connectivity index (χ2v) is 5.84. The summed E-state index contributed by atoms with van der Waals surface area (Å²) in [5, 5.41) is 2.93. The smallest absolute Gasteiger partial charge is 0.233 e. The normalized spacial score (nSPS) is 27.0. The molecule has 1 amide bonds. The van der Waals surface area contributed by atoms with Gasteiger partial charge in [0.05, 0.1) is 5.41 Å². The number of nitrogens with zero attached hydrogens (tertiary/aromatic N) is 1. The minimum atomic E-state index is -0.405. The van der Waals surface area contributed by atoms with E-state index in [4.69, 9.17) is 5.73 Å². The van der Waals surface area contributed by atoms with E-state index in [1.54, 1.807) is 6.20 Å². The molecule has 0 aliphatic heterocycles. The standard InChI is InChI=1S/C15H23N3O/c1-11-3-6-15(10-16,7-4-11)14(19)18-13-9-12(2)5-8-17-13/h5,8-9,11H,3-4,6-7,10,16H2,1-2H3,(H,17,18,19). The zero-order valence-corrected chi connectivity index (χ0v) is 11.8. The second-order valence-electron chi connectivity index (χ2n) is 5.84. The van der Waals surface area contributed by atoms with Gasteiger partial charge < -0.3 is 11.1 Å². The van der Waals surface area contributed by atoms with Gasteiger partial charge in [-0.15, -0.1) is 0 Å². The van der Waals surface area contributed by atoms with Crippen LogP contribution in [0.1, 0.15) is 38.2 Å². The third-order valence-corrected chi connectivity index (χ3v) is 4.26. The van der Waals surface area contributed by atoms with Crippen molar-refractivity contribution in [1.82, 2.24) is 4.98 Å². The zero-order valence-electron chi connectivity index (χ0n) is 11.8. The van der Waals surface area contributed by atoms with Crippen LogP contribution in [-0.2, 0) is 4.79 Å². The monoisotopic (exact) mass is 261 g/mol. The van der Waals surface area contributed by atoms with Crippen LogP contribution < -0.4 is 11.1 Å². The molecule has 0 unspecified atom stereocenters. The summed E-state index contributed by atoms with van der Waals surface area (Å²) >= 11 is 0. The number of aryl methyl sites for hydroxylation is 1. The van der Waals surface area contributed by atoms with Crippen LogP contribution in [0.2, 0.25) is 0 Å². The van der Waals surface area contributed by atoms with Gasteiger partial charge in [0.1, 0.15) is 5.82 Å². The minimum Gasteiger partial charge on any atom is -0.329 e. The van der Waals surface area contributed by atoms with Crippen LogP contribution >= 0.6 is 0 Å². The summed E-state index contributed by atoms with van der Waals surface area (Å²) in [6.45, 7) is 4.64. The summed E-state index contributed by atoms with van der Waals surface area (Å²) in [5.74, 6) is 1.35. The number of nitrogens with one attached hydrogen (secondary N) is 1. The summed E-state index contributed by atoms with van der Waals surface area (Å²) in [7, 11) is 0. The lowest BCUT2D eigenvalue weighted by Crippen LogP contribution is -2.45. The van der Waals surface area contributed by atoms with Gasteiger partial charge in [0.25, 0.3) is 0 Å². The van der Waals surface area contributed by atoms with E-state index in [0.717, 1.165) is 31.2 Å². The predicted octanol–water partition coefficient (Wildman–Crippen LogP) is 2.48. The second kappa shape index (κ2) is 5.70. The Hall–Kier alpha value is -1.42. The number of anilines is 1. The molecule has 0 aromatic carbocycles. The number of nitrogens with two attached hydrogens (primary N) is 1. The lowest BCUT2D eigenvalue weighted by Gasteiger charge is -2.36. The van der Waals surface area contributed by atoms with Gasteiger partial charge in [0.15, 0.2) is 0 Å². The average Bonchev–Trinajstić information content (AvgIpc) is 2.40. The fourth-order valence-corrected chi connectivity index (χ4v) is 2.69. The summed E-state index contributed by atoms with van der Waals surface area (Å²) in [4.78, 5) is 16.7. The number of aromatic nitrogens is 1. The molecular formula is C15H23N3O. The van der Waals surface area contributed by atoms with Gasteiger partial charge >= 0.3 is 0 Å². The molecule has 4 heteroatoms. The quantitative estimate of drug-likeness (QED) is 0.878. The van der Waals surface area contributed by atoms with Crippen LogP contribution in [0.5, 0.6) is 0 Å². The molecular weight excluding hydrogens is 238 g/mol. The highest BCUT2D eigenvalue weighted by Crippen LogP contribution is 2.38. The highest BCUT2D eigenvalue weighted by atomic mass is 16.2.